The van der Waals surface area contributed by atoms with Crippen molar-refractivity contribution in [2.45, 2.75) is 6.92 Å². The van der Waals surface area contributed by atoms with Crippen molar-refractivity contribution < 1.29 is 0 Å². The largest absolute Gasteiger partial charge is 0.226 e. The molecule has 0 aliphatic heterocycles. The lowest BCUT2D eigenvalue weighted by Gasteiger charge is -2.03. The van der Waals surface area contributed by atoms with Crippen LogP contribution in [0.25, 0.3) is 11.1 Å². The summed E-state index contributed by atoms with van der Waals surface area (Å²) in [5.74, 6) is 0. The molecule has 1 aromatic carbocycles. The highest BCUT2D eigenvalue weighted by Gasteiger charge is 2.05. The zero-order chi connectivity index (χ0) is 10.8. The molecular weight excluding hydrogens is 231 g/mol. The van der Waals surface area contributed by atoms with Crippen molar-refractivity contribution in [1.29, 1.82) is 0 Å². The van der Waals surface area contributed by atoms with Crippen LogP contribution in [0, 0.1) is 6.92 Å². The molecule has 2 aromatic rings. The summed E-state index contributed by atoms with van der Waals surface area (Å²) in [6, 6.07) is 7.99. The van der Waals surface area contributed by atoms with Gasteiger partial charge in [0.1, 0.15) is 5.15 Å². The molecule has 2 rings (SSSR count). The predicted molar refractivity (Wildman–Crippen MR) is 62.2 cm³/mol. The van der Waals surface area contributed by atoms with Gasteiger partial charge in [0, 0.05) is 11.8 Å². The van der Waals surface area contributed by atoms with Gasteiger partial charge in [0.2, 0.25) is 5.28 Å². The molecule has 1 aromatic heterocycles. The fraction of sp³-hybridized carbons (Fsp3) is 0.0909. The topological polar surface area (TPSA) is 25.8 Å². The quantitative estimate of drug-likeness (QED) is 0.559. The molecule has 0 saturated heterocycles. The molecule has 0 atom stereocenters. The van der Waals surface area contributed by atoms with E-state index in [9.17, 15) is 0 Å². The van der Waals surface area contributed by atoms with Crippen molar-refractivity contribution in [1.82, 2.24) is 9.97 Å². The van der Waals surface area contributed by atoms with Crippen molar-refractivity contribution >= 4 is 23.2 Å². The second-order valence-electron chi connectivity index (χ2n) is 3.21. The molecule has 0 saturated carbocycles. The molecule has 0 amide bonds. The number of rotatable bonds is 1. The minimum absolute atomic E-state index is 0.163. The maximum atomic E-state index is 5.97. The van der Waals surface area contributed by atoms with Gasteiger partial charge in [0.05, 0.1) is 0 Å². The van der Waals surface area contributed by atoms with Gasteiger partial charge in [-0.15, -0.1) is 0 Å². The molecule has 0 spiro atoms. The van der Waals surface area contributed by atoms with Gasteiger partial charge in [-0.05, 0) is 24.1 Å². The Morgan fingerprint density at radius 3 is 2.33 bits per heavy atom. The first-order valence-electron chi connectivity index (χ1n) is 4.42. The summed E-state index contributed by atoms with van der Waals surface area (Å²) in [4.78, 5) is 7.80. The molecule has 1 heterocycles. The number of halogens is 2. The van der Waals surface area contributed by atoms with Gasteiger partial charge in [0.15, 0.2) is 0 Å². The van der Waals surface area contributed by atoms with Crippen LogP contribution in [-0.2, 0) is 0 Å². The first-order valence-corrected chi connectivity index (χ1v) is 5.17. The van der Waals surface area contributed by atoms with Crippen LogP contribution >= 0.6 is 23.2 Å². The van der Waals surface area contributed by atoms with Gasteiger partial charge < -0.3 is 0 Å². The SMILES string of the molecule is Cc1ccc(-c2cnc(Cl)nc2Cl)cc1. The van der Waals surface area contributed by atoms with E-state index in [1.165, 1.54) is 5.56 Å². The summed E-state index contributed by atoms with van der Waals surface area (Å²) in [5.41, 5.74) is 2.98. The number of aromatic nitrogens is 2. The van der Waals surface area contributed by atoms with Gasteiger partial charge in [0.25, 0.3) is 0 Å². The van der Waals surface area contributed by atoms with E-state index in [2.05, 4.69) is 9.97 Å². The smallest absolute Gasteiger partial charge is 0.223 e. The van der Waals surface area contributed by atoms with Crippen LogP contribution in [0.2, 0.25) is 10.4 Å². The summed E-state index contributed by atoms with van der Waals surface area (Å²) in [6.07, 6.45) is 1.63. The normalized spacial score (nSPS) is 10.3. The van der Waals surface area contributed by atoms with Crippen LogP contribution in [-0.4, -0.2) is 9.97 Å². The third-order valence-electron chi connectivity index (χ3n) is 2.08. The summed E-state index contributed by atoms with van der Waals surface area (Å²) in [7, 11) is 0. The van der Waals surface area contributed by atoms with Crippen LogP contribution in [0.1, 0.15) is 5.56 Å². The Morgan fingerprint density at radius 2 is 1.73 bits per heavy atom. The molecular formula is C11H8Cl2N2. The number of aryl methyl sites for hydroxylation is 1. The molecule has 0 bridgehead atoms. The molecule has 0 aliphatic carbocycles. The zero-order valence-corrected chi connectivity index (χ0v) is 9.55. The van der Waals surface area contributed by atoms with E-state index in [4.69, 9.17) is 23.2 Å². The van der Waals surface area contributed by atoms with Crippen LogP contribution < -0.4 is 0 Å². The van der Waals surface area contributed by atoms with Gasteiger partial charge in [-0.1, -0.05) is 41.4 Å². The number of benzene rings is 1. The molecule has 0 fully saturated rings. The van der Waals surface area contributed by atoms with E-state index in [1.807, 2.05) is 31.2 Å². The van der Waals surface area contributed by atoms with Crippen molar-refractivity contribution in [2.24, 2.45) is 0 Å². The highest BCUT2D eigenvalue weighted by atomic mass is 35.5. The van der Waals surface area contributed by atoms with Gasteiger partial charge >= 0.3 is 0 Å². The van der Waals surface area contributed by atoms with Crippen LogP contribution in [0.5, 0.6) is 0 Å². The van der Waals surface area contributed by atoms with Crippen LogP contribution in [0.4, 0.5) is 0 Å². The van der Waals surface area contributed by atoms with E-state index >= 15 is 0 Å². The lowest BCUT2D eigenvalue weighted by molar-refractivity contribution is 1.17. The van der Waals surface area contributed by atoms with E-state index in [-0.39, 0.29) is 5.28 Å². The van der Waals surface area contributed by atoms with E-state index in [1.54, 1.807) is 6.20 Å². The number of nitrogens with zero attached hydrogens (tertiary/aromatic N) is 2. The average molecular weight is 239 g/mol. The zero-order valence-electron chi connectivity index (χ0n) is 8.04. The fourth-order valence-electron chi connectivity index (χ4n) is 1.27. The summed E-state index contributed by atoms with van der Waals surface area (Å²) in [6.45, 7) is 2.03. The fourth-order valence-corrected chi connectivity index (χ4v) is 1.68. The third kappa shape index (κ3) is 2.28. The van der Waals surface area contributed by atoms with Crippen molar-refractivity contribution in [2.75, 3.05) is 0 Å². The van der Waals surface area contributed by atoms with Crippen LogP contribution in [0.3, 0.4) is 0 Å². The first-order chi connectivity index (χ1) is 7.16. The standard InChI is InChI=1S/C11H8Cl2N2/c1-7-2-4-8(5-3-7)9-6-14-11(13)15-10(9)12/h2-6H,1H3. The molecule has 76 valence electrons. The minimum Gasteiger partial charge on any atom is -0.226 e. The summed E-state index contributed by atoms with van der Waals surface area (Å²) >= 11 is 11.6. The monoisotopic (exact) mass is 238 g/mol. The number of hydrogen-bond acceptors (Lipinski definition) is 2. The molecule has 0 radical (unpaired) electrons. The number of hydrogen-bond donors (Lipinski definition) is 0. The summed E-state index contributed by atoms with van der Waals surface area (Å²) < 4.78 is 0. The highest BCUT2D eigenvalue weighted by molar-refractivity contribution is 6.33. The second-order valence-corrected chi connectivity index (χ2v) is 3.91. The Balaban J connectivity index is 2.49. The van der Waals surface area contributed by atoms with E-state index in [0.717, 1.165) is 11.1 Å². The van der Waals surface area contributed by atoms with Crippen molar-refractivity contribution in [3.8, 4) is 11.1 Å². The molecule has 0 unspecified atom stereocenters. The molecule has 0 N–H and O–H groups in total. The summed E-state index contributed by atoms with van der Waals surface area (Å²) in [5, 5.41) is 0.537. The van der Waals surface area contributed by atoms with Crippen molar-refractivity contribution in [3.05, 3.63) is 46.5 Å². The maximum Gasteiger partial charge on any atom is 0.223 e. The maximum absolute atomic E-state index is 5.97. The lowest BCUT2D eigenvalue weighted by atomic mass is 10.1. The minimum atomic E-state index is 0.163. The van der Waals surface area contributed by atoms with Gasteiger partial charge in [-0.3, -0.25) is 0 Å². The predicted octanol–water partition coefficient (Wildman–Crippen LogP) is 3.76. The third-order valence-corrected chi connectivity index (χ3v) is 2.55. The Kier molecular flexibility index (Phi) is 2.89. The second kappa shape index (κ2) is 4.17. The molecule has 0 aliphatic rings. The Bertz CT molecular complexity index is 480. The lowest BCUT2D eigenvalue weighted by Crippen LogP contribution is -1.87. The average Bonchev–Trinajstić information content (AvgIpc) is 2.20. The van der Waals surface area contributed by atoms with Crippen molar-refractivity contribution in [3.63, 3.8) is 0 Å². The van der Waals surface area contributed by atoms with Gasteiger partial charge in [-0.2, -0.15) is 0 Å². The first kappa shape index (κ1) is 10.4. The molecule has 2 nitrogen and oxygen atoms in total. The Labute approximate surface area is 97.9 Å². The van der Waals surface area contributed by atoms with E-state index < -0.39 is 0 Å². The highest BCUT2D eigenvalue weighted by Crippen LogP contribution is 2.26. The molecule has 15 heavy (non-hydrogen) atoms. The molecule has 4 heteroatoms. The van der Waals surface area contributed by atoms with E-state index in [0.29, 0.717) is 5.15 Å². The van der Waals surface area contributed by atoms with Gasteiger partial charge in [-0.25, -0.2) is 9.97 Å². The van der Waals surface area contributed by atoms with Crippen LogP contribution in [0.15, 0.2) is 30.5 Å². The Hall–Kier alpha value is -1.12. The Morgan fingerprint density at radius 1 is 1.07 bits per heavy atom.